The van der Waals surface area contributed by atoms with Gasteiger partial charge >= 0.3 is 0 Å². The number of hydrogen-bond donors (Lipinski definition) is 2. The average molecular weight is 323 g/mol. The van der Waals surface area contributed by atoms with Gasteiger partial charge in [0.05, 0.1) is 22.8 Å². The van der Waals surface area contributed by atoms with Crippen molar-refractivity contribution in [3.8, 4) is 0 Å². The van der Waals surface area contributed by atoms with Gasteiger partial charge in [0.1, 0.15) is 0 Å². The van der Waals surface area contributed by atoms with Gasteiger partial charge in [0, 0.05) is 35.5 Å². The van der Waals surface area contributed by atoms with Crippen molar-refractivity contribution in [3.63, 3.8) is 0 Å². The number of hydrogen-bond acceptors (Lipinski definition) is 5. The van der Waals surface area contributed by atoms with Crippen LogP contribution in [-0.2, 0) is 13.0 Å². The molecule has 2 rings (SSSR count). The molecule has 5 nitrogen and oxygen atoms in total. The van der Waals surface area contributed by atoms with Crippen molar-refractivity contribution in [1.29, 1.82) is 0 Å². The summed E-state index contributed by atoms with van der Waals surface area (Å²) in [4.78, 5) is 15.7. The van der Waals surface area contributed by atoms with E-state index in [-0.39, 0.29) is 0 Å². The molecule has 0 aliphatic rings. The number of nitrogens with one attached hydrogen (secondary N) is 2. The minimum atomic E-state index is 0.669. The van der Waals surface area contributed by atoms with E-state index in [0.717, 1.165) is 36.2 Å². The lowest BCUT2D eigenvalue weighted by Crippen LogP contribution is -2.38. The third-order valence-corrected chi connectivity index (χ3v) is 4.76. The summed E-state index contributed by atoms with van der Waals surface area (Å²) in [5, 5.41) is 7.77. The van der Waals surface area contributed by atoms with Crippen LogP contribution in [0.3, 0.4) is 0 Å². The first-order valence-corrected chi connectivity index (χ1v) is 8.71. The van der Waals surface area contributed by atoms with Crippen LogP contribution in [0.25, 0.3) is 0 Å². The van der Waals surface area contributed by atoms with Crippen LogP contribution in [0.5, 0.6) is 0 Å². The molecule has 0 saturated heterocycles. The van der Waals surface area contributed by atoms with Crippen LogP contribution < -0.4 is 10.6 Å². The summed E-state index contributed by atoms with van der Waals surface area (Å²) in [6, 6.07) is 0. The SMILES string of the molecule is CCNC(=NCc1scnc1C)NCCc1ncc(C)s1. The van der Waals surface area contributed by atoms with E-state index in [9.17, 15) is 0 Å². The molecule has 2 heterocycles. The van der Waals surface area contributed by atoms with Crippen molar-refractivity contribution < 1.29 is 0 Å². The zero-order valence-corrected chi connectivity index (χ0v) is 14.3. The highest BCUT2D eigenvalue weighted by Crippen LogP contribution is 2.13. The lowest BCUT2D eigenvalue weighted by molar-refractivity contribution is 0.797. The second kappa shape index (κ2) is 8.09. The number of aliphatic imine (C=N–C) groups is 1. The van der Waals surface area contributed by atoms with Gasteiger partial charge in [0.25, 0.3) is 0 Å². The molecule has 2 N–H and O–H groups in total. The molecule has 114 valence electrons. The summed E-state index contributed by atoms with van der Waals surface area (Å²) in [6.45, 7) is 8.52. The van der Waals surface area contributed by atoms with Crippen molar-refractivity contribution in [2.24, 2.45) is 4.99 Å². The Morgan fingerprint density at radius 3 is 2.76 bits per heavy atom. The molecule has 0 spiro atoms. The second-order valence-electron chi connectivity index (χ2n) is 4.60. The van der Waals surface area contributed by atoms with Crippen LogP contribution in [0.2, 0.25) is 0 Å². The summed E-state index contributed by atoms with van der Waals surface area (Å²) >= 11 is 3.40. The van der Waals surface area contributed by atoms with Crippen LogP contribution in [0, 0.1) is 13.8 Å². The van der Waals surface area contributed by atoms with Crippen molar-refractivity contribution in [3.05, 3.63) is 32.2 Å². The highest BCUT2D eigenvalue weighted by Gasteiger charge is 2.03. The predicted molar refractivity (Wildman–Crippen MR) is 90.2 cm³/mol. The largest absolute Gasteiger partial charge is 0.357 e. The van der Waals surface area contributed by atoms with Crippen LogP contribution in [-0.4, -0.2) is 29.0 Å². The first-order valence-electron chi connectivity index (χ1n) is 7.01. The Balaban J connectivity index is 1.85. The number of guanidine groups is 1. The smallest absolute Gasteiger partial charge is 0.191 e. The van der Waals surface area contributed by atoms with E-state index in [1.54, 1.807) is 22.7 Å². The number of aromatic nitrogens is 2. The third kappa shape index (κ3) is 5.09. The zero-order chi connectivity index (χ0) is 15.1. The van der Waals surface area contributed by atoms with Crippen molar-refractivity contribution in [1.82, 2.24) is 20.6 Å². The number of aryl methyl sites for hydroxylation is 2. The zero-order valence-electron chi connectivity index (χ0n) is 12.6. The van der Waals surface area contributed by atoms with Gasteiger partial charge in [-0.3, -0.25) is 0 Å². The molecule has 0 aliphatic carbocycles. The van der Waals surface area contributed by atoms with Gasteiger partial charge in [-0.2, -0.15) is 0 Å². The Bertz CT molecular complexity index is 588. The van der Waals surface area contributed by atoms with E-state index in [1.165, 1.54) is 9.75 Å². The molecule has 21 heavy (non-hydrogen) atoms. The molecule has 0 fully saturated rings. The van der Waals surface area contributed by atoms with E-state index in [4.69, 9.17) is 0 Å². The predicted octanol–water partition coefficient (Wildman–Crippen LogP) is 2.51. The maximum atomic E-state index is 4.60. The van der Waals surface area contributed by atoms with Crippen molar-refractivity contribution in [2.75, 3.05) is 13.1 Å². The molecule has 2 aromatic heterocycles. The molecular weight excluding hydrogens is 302 g/mol. The fourth-order valence-corrected chi connectivity index (χ4v) is 3.26. The van der Waals surface area contributed by atoms with Crippen LogP contribution in [0.4, 0.5) is 0 Å². The topological polar surface area (TPSA) is 62.2 Å². The molecule has 0 atom stereocenters. The minimum Gasteiger partial charge on any atom is -0.357 e. The Morgan fingerprint density at radius 2 is 2.14 bits per heavy atom. The highest BCUT2D eigenvalue weighted by atomic mass is 32.1. The summed E-state index contributed by atoms with van der Waals surface area (Å²) in [5.74, 6) is 0.846. The lowest BCUT2D eigenvalue weighted by atomic mass is 10.4. The molecule has 0 amide bonds. The molecule has 0 saturated carbocycles. The normalized spacial score (nSPS) is 11.7. The van der Waals surface area contributed by atoms with Gasteiger partial charge < -0.3 is 10.6 Å². The van der Waals surface area contributed by atoms with Gasteiger partial charge in [-0.1, -0.05) is 0 Å². The lowest BCUT2D eigenvalue weighted by Gasteiger charge is -2.10. The van der Waals surface area contributed by atoms with E-state index in [1.807, 2.05) is 18.6 Å². The Morgan fingerprint density at radius 1 is 1.29 bits per heavy atom. The average Bonchev–Trinajstić information content (AvgIpc) is 3.05. The quantitative estimate of drug-likeness (QED) is 0.633. The maximum Gasteiger partial charge on any atom is 0.191 e. The number of nitrogens with zero attached hydrogens (tertiary/aromatic N) is 3. The Labute approximate surface area is 133 Å². The van der Waals surface area contributed by atoms with E-state index in [0.29, 0.717) is 6.54 Å². The number of rotatable bonds is 6. The van der Waals surface area contributed by atoms with E-state index in [2.05, 4.69) is 39.4 Å². The van der Waals surface area contributed by atoms with Gasteiger partial charge in [-0.25, -0.2) is 15.0 Å². The molecule has 0 aromatic carbocycles. The van der Waals surface area contributed by atoms with Gasteiger partial charge in [-0.05, 0) is 20.8 Å². The fourth-order valence-electron chi connectivity index (χ4n) is 1.78. The summed E-state index contributed by atoms with van der Waals surface area (Å²) < 4.78 is 0. The molecule has 0 radical (unpaired) electrons. The van der Waals surface area contributed by atoms with E-state index >= 15 is 0 Å². The maximum absolute atomic E-state index is 4.60. The fraction of sp³-hybridized carbons (Fsp3) is 0.500. The van der Waals surface area contributed by atoms with Crippen molar-refractivity contribution in [2.45, 2.75) is 33.7 Å². The summed E-state index contributed by atoms with van der Waals surface area (Å²) in [5.41, 5.74) is 2.93. The molecule has 7 heteroatoms. The van der Waals surface area contributed by atoms with E-state index < -0.39 is 0 Å². The Hall–Kier alpha value is -1.47. The van der Waals surface area contributed by atoms with Gasteiger partial charge in [0.2, 0.25) is 0 Å². The standard InChI is InChI=1S/C14H21N5S2/c1-4-15-14(18-8-12-11(3)19-9-20-12)16-6-5-13-17-7-10(2)21-13/h7,9H,4-6,8H2,1-3H3,(H2,15,16,18). The van der Waals surface area contributed by atoms with Gasteiger partial charge in [-0.15, -0.1) is 22.7 Å². The summed E-state index contributed by atoms with van der Waals surface area (Å²) in [6.07, 6.45) is 2.84. The first kappa shape index (κ1) is 15.9. The molecular formula is C14H21N5S2. The minimum absolute atomic E-state index is 0.669. The van der Waals surface area contributed by atoms with Gasteiger partial charge in [0.15, 0.2) is 5.96 Å². The monoisotopic (exact) mass is 323 g/mol. The van der Waals surface area contributed by atoms with Crippen LogP contribution in [0.1, 0.15) is 27.4 Å². The molecule has 0 unspecified atom stereocenters. The third-order valence-electron chi connectivity index (χ3n) is 2.87. The van der Waals surface area contributed by atoms with Crippen molar-refractivity contribution >= 4 is 28.6 Å². The molecule has 2 aromatic rings. The molecule has 0 aliphatic heterocycles. The summed E-state index contributed by atoms with van der Waals surface area (Å²) in [7, 11) is 0. The highest BCUT2D eigenvalue weighted by molar-refractivity contribution is 7.11. The molecule has 0 bridgehead atoms. The van der Waals surface area contributed by atoms with Crippen LogP contribution in [0.15, 0.2) is 16.7 Å². The number of thiazole rings is 2. The first-order chi connectivity index (χ1) is 10.2. The second-order valence-corrected chi connectivity index (χ2v) is 6.86. The Kier molecular flexibility index (Phi) is 6.13. The van der Waals surface area contributed by atoms with Crippen LogP contribution >= 0.6 is 22.7 Å².